The van der Waals surface area contributed by atoms with Crippen LogP contribution in [-0.2, 0) is 0 Å². The number of anilines is 1. The number of hydrogen-bond donors (Lipinski definition) is 2. The van der Waals surface area contributed by atoms with Gasteiger partial charge in [-0.25, -0.2) is 4.98 Å². The summed E-state index contributed by atoms with van der Waals surface area (Å²) >= 11 is 11.6. The van der Waals surface area contributed by atoms with Gasteiger partial charge in [-0.15, -0.1) is 0 Å². The molecule has 140 valence electrons. The highest BCUT2D eigenvalue weighted by Crippen LogP contribution is 2.28. The third-order valence-corrected chi connectivity index (χ3v) is 5.92. The number of rotatable bonds is 2. The van der Waals surface area contributed by atoms with Gasteiger partial charge in [0.25, 0.3) is 0 Å². The summed E-state index contributed by atoms with van der Waals surface area (Å²) in [5.41, 5.74) is 5.69. The Bertz CT molecular complexity index is 941. The second kappa shape index (κ2) is 7.49. The maximum atomic E-state index is 5.96. The summed E-state index contributed by atoms with van der Waals surface area (Å²) in [6.07, 6.45) is 2.22. The normalized spacial score (nSPS) is 17.3. The third kappa shape index (κ3) is 3.94. The van der Waals surface area contributed by atoms with Crippen LogP contribution in [-0.4, -0.2) is 33.1 Å². The van der Waals surface area contributed by atoms with E-state index in [0.29, 0.717) is 5.92 Å². The molecule has 0 aliphatic carbocycles. The molecule has 6 heteroatoms. The van der Waals surface area contributed by atoms with Crippen molar-refractivity contribution in [2.45, 2.75) is 32.6 Å². The van der Waals surface area contributed by atoms with Crippen molar-refractivity contribution >= 4 is 45.7 Å². The molecule has 0 unspecified atom stereocenters. The standard InChI is InChI=1S/C21H23ClN4S/c1-13-10-18-19(11-14(13)2)25-20(24-18)15-4-3-9-26(12-15)21(27)23-17-7-5-16(22)6-8-17/h5-8,10-11,15H,3-4,9,12H2,1-2H3,(H,23,27)(H,24,25)/t15-/m0/s1. The van der Waals surface area contributed by atoms with Gasteiger partial charge in [0.1, 0.15) is 5.82 Å². The summed E-state index contributed by atoms with van der Waals surface area (Å²) < 4.78 is 0. The van der Waals surface area contributed by atoms with Gasteiger partial charge in [0.15, 0.2) is 5.11 Å². The van der Waals surface area contributed by atoms with E-state index in [9.17, 15) is 0 Å². The largest absolute Gasteiger partial charge is 0.348 e. The van der Waals surface area contributed by atoms with Crippen LogP contribution in [0.4, 0.5) is 5.69 Å². The van der Waals surface area contributed by atoms with Gasteiger partial charge in [-0.1, -0.05) is 11.6 Å². The minimum Gasteiger partial charge on any atom is -0.348 e. The quantitative estimate of drug-likeness (QED) is 0.566. The average Bonchev–Trinajstić information content (AvgIpc) is 3.07. The highest BCUT2D eigenvalue weighted by atomic mass is 35.5. The molecule has 1 aromatic heterocycles. The van der Waals surface area contributed by atoms with Gasteiger partial charge in [-0.2, -0.15) is 0 Å². The maximum absolute atomic E-state index is 5.96. The van der Waals surface area contributed by atoms with Crippen LogP contribution in [0, 0.1) is 13.8 Å². The Morgan fingerprint density at radius 3 is 2.74 bits per heavy atom. The van der Waals surface area contributed by atoms with Crippen LogP contribution in [0.3, 0.4) is 0 Å². The number of nitrogens with zero attached hydrogens (tertiary/aromatic N) is 2. The Hall–Kier alpha value is -2.11. The molecule has 0 spiro atoms. The van der Waals surface area contributed by atoms with Crippen molar-refractivity contribution < 1.29 is 0 Å². The van der Waals surface area contributed by atoms with Crippen LogP contribution in [0.2, 0.25) is 5.02 Å². The van der Waals surface area contributed by atoms with E-state index < -0.39 is 0 Å². The molecule has 0 radical (unpaired) electrons. The number of fused-ring (bicyclic) bond motifs is 1. The number of likely N-dealkylation sites (tertiary alicyclic amines) is 1. The first-order chi connectivity index (χ1) is 13.0. The van der Waals surface area contributed by atoms with Gasteiger partial charge in [-0.05, 0) is 86.4 Å². The van der Waals surface area contributed by atoms with E-state index in [-0.39, 0.29) is 0 Å². The van der Waals surface area contributed by atoms with Gasteiger partial charge < -0.3 is 15.2 Å². The van der Waals surface area contributed by atoms with Crippen molar-refractivity contribution in [2.24, 2.45) is 0 Å². The minimum atomic E-state index is 0.358. The van der Waals surface area contributed by atoms with Gasteiger partial charge in [0, 0.05) is 29.7 Å². The minimum absolute atomic E-state index is 0.358. The average molecular weight is 399 g/mol. The number of aromatic amines is 1. The summed E-state index contributed by atoms with van der Waals surface area (Å²) in [5.74, 6) is 1.42. The predicted octanol–water partition coefficient (Wildman–Crippen LogP) is 5.41. The molecule has 0 amide bonds. The first kappa shape index (κ1) is 18.3. The van der Waals surface area contributed by atoms with E-state index in [0.717, 1.165) is 58.6 Å². The number of H-pyrrole nitrogens is 1. The fraction of sp³-hybridized carbons (Fsp3) is 0.333. The summed E-state index contributed by atoms with van der Waals surface area (Å²) in [7, 11) is 0. The smallest absolute Gasteiger partial charge is 0.173 e. The number of piperidine rings is 1. The van der Waals surface area contributed by atoms with Crippen LogP contribution in [0.25, 0.3) is 11.0 Å². The van der Waals surface area contributed by atoms with E-state index in [1.54, 1.807) is 0 Å². The van der Waals surface area contributed by atoms with E-state index in [2.05, 4.69) is 41.2 Å². The lowest BCUT2D eigenvalue weighted by Gasteiger charge is -2.33. The molecular weight excluding hydrogens is 376 g/mol. The monoisotopic (exact) mass is 398 g/mol. The number of aromatic nitrogens is 2. The Labute approximate surface area is 169 Å². The van der Waals surface area contributed by atoms with Crippen molar-refractivity contribution in [2.75, 3.05) is 18.4 Å². The molecule has 4 nitrogen and oxygen atoms in total. The molecule has 2 aromatic carbocycles. The summed E-state index contributed by atoms with van der Waals surface area (Å²) in [6.45, 7) is 6.11. The Balaban J connectivity index is 1.49. The van der Waals surface area contributed by atoms with Crippen LogP contribution in [0.1, 0.15) is 35.7 Å². The zero-order chi connectivity index (χ0) is 19.0. The zero-order valence-corrected chi connectivity index (χ0v) is 17.1. The molecular formula is C21H23ClN4S. The van der Waals surface area contributed by atoms with Crippen molar-refractivity contribution in [3.05, 3.63) is 58.4 Å². The van der Waals surface area contributed by atoms with Crippen LogP contribution < -0.4 is 5.32 Å². The fourth-order valence-electron chi connectivity index (χ4n) is 3.60. The van der Waals surface area contributed by atoms with Crippen LogP contribution in [0.15, 0.2) is 36.4 Å². The van der Waals surface area contributed by atoms with Crippen LogP contribution in [0.5, 0.6) is 0 Å². The highest BCUT2D eigenvalue weighted by Gasteiger charge is 2.25. The van der Waals surface area contributed by atoms with Crippen molar-refractivity contribution in [1.82, 2.24) is 14.9 Å². The first-order valence-corrected chi connectivity index (χ1v) is 10.1. The highest BCUT2D eigenvalue weighted by molar-refractivity contribution is 7.80. The molecule has 1 fully saturated rings. The van der Waals surface area contributed by atoms with Crippen molar-refractivity contribution in [1.29, 1.82) is 0 Å². The topological polar surface area (TPSA) is 44.0 Å². The molecule has 1 saturated heterocycles. The van der Waals surface area contributed by atoms with Crippen molar-refractivity contribution in [3.8, 4) is 0 Å². The van der Waals surface area contributed by atoms with E-state index in [4.69, 9.17) is 28.8 Å². The summed E-state index contributed by atoms with van der Waals surface area (Å²) in [4.78, 5) is 10.6. The summed E-state index contributed by atoms with van der Waals surface area (Å²) in [6, 6.07) is 12.0. The lowest BCUT2D eigenvalue weighted by Crippen LogP contribution is -2.41. The first-order valence-electron chi connectivity index (χ1n) is 9.28. The lowest BCUT2D eigenvalue weighted by molar-refractivity contribution is 0.307. The number of nitrogens with one attached hydrogen (secondary N) is 2. The van der Waals surface area contributed by atoms with Gasteiger partial charge >= 0.3 is 0 Å². The maximum Gasteiger partial charge on any atom is 0.173 e. The molecule has 1 atom stereocenters. The number of hydrogen-bond acceptors (Lipinski definition) is 2. The van der Waals surface area contributed by atoms with Gasteiger partial charge in [-0.3, -0.25) is 0 Å². The zero-order valence-electron chi connectivity index (χ0n) is 15.6. The van der Waals surface area contributed by atoms with E-state index >= 15 is 0 Å². The van der Waals surface area contributed by atoms with E-state index in [1.165, 1.54) is 11.1 Å². The molecule has 4 rings (SSSR count). The third-order valence-electron chi connectivity index (χ3n) is 5.31. The Morgan fingerprint density at radius 2 is 1.96 bits per heavy atom. The van der Waals surface area contributed by atoms with Gasteiger partial charge in [0.05, 0.1) is 11.0 Å². The molecule has 2 heterocycles. The molecule has 27 heavy (non-hydrogen) atoms. The molecule has 0 bridgehead atoms. The number of thiocarbonyl (C=S) groups is 1. The molecule has 0 saturated carbocycles. The Kier molecular flexibility index (Phi) is 5.06. The lowest BCUT2D eigenvalue weighted by atomic mass is 9.98. The van der Waals surface area contributed by atoms with Crippen molar-refractivity contribution in [3.63, 3.8) is 0 Å². The predicted molar refractivity (Wildman–Crippen MR) is 117 cm³/mol. The number of imidazole rings is 1. The second-order valence-electron chi connectivity index (χ2n) is 7.30. The molecule has 1 aliphatic rings. The SMILES string of the molecule is Cc1cc2nc([C@H]3CCCN(C(=S)Nc4ccc(Cl)cc4)C3)[nH]c2cc1C. The van der Waals surface area contributed by atoms with Crippen LogP contribution >= 0.6 is 23.8 Å². The number of aryl methyl sites for hydroxylation is 2. The van der Waals surface area contributed by atoms with Gasteiger partial charge in [0.2, 0.25) is 0 Å². The molecule has 1 aliphatic heterocycles. The second-order valence-corrected chi connectivity index (χ2v) is 8.12. The fourth-order valence-corrected chi connectivity index (χ4v) is 4.01. The number of benzene rings is 2. The van der Waals surface area contributed by atoms with E-state index in [1.807, 2.05) is 24.3 Å². The summed E-state index contributed by atoms with van der Waals surface area (Å²) in [5, 5.41) is 4.80. The number of halogens is 1. The molecule has 3 aromatic rings. The molecule has 2 N–H and O–H groups in total. The Morgan fingerprint density at radius 1 is 1.22 bits per heavy atom.